The molecule has 1 aromatic carbocycles. The molecule has 1 N–H and O–H groups in total. The fraction of sp³-hybridized carbons (Fsp3) is 0.647. The third-order valence-electron chi connectivity index (χ3n) is 4.00. The van der Waals surface area contributed by atoms with Gasteiger partial charge in [0.05, 0.1) is 0 Å². The molecule has 1 atom stereocenters. The van der Waals surface area contributed by atoms with Gasteiger partial charge in [-0.05, 0) is 56.3 Å². The van der Waals surface area contributed by atoms with Gasteiger partial charge in [0.15, 0.2) is 0 Å². The molecule has 1 aliphatic heterocycles. The summed E-state index contributed by atoms with van der Waals surface area (Å²) in [5.74, 6) is 0. The molecule has 1 aromatic rings. The quantitative estimate of drug-likeness (QED) is 0.770. The van der Waals surface area contributed by atoms with Gasteiger partial charge in [-0.2, -0.15) is 0 Å². The second-order valence-electron chi connectivity index (χ2n) is 5.73. The van der Waals surface area contributed by atoms with Gasteiger partial charge < -0.3 is 5.32 Å². The summed E-state index contributed by atoms with van der Waals surface area (Å²) in [5.41, 5.74) is 1.44. The van der Waals surface area contributed by atoms with Gasteiger partial charge in [-0.25, -0.2) is 0 Å². The highest BCUT2D eigenvalue weighted by Crippen LogP contribution is 2.17. The summed E-state index contributed by atoms with van der Waals surface area (Å²) < 4.78 is 0. The Kier molecular flexibility index (Phi) is 6.91. The summed E-state index contributed by atoms with van der Waals surface area (Å²) in [6, 6.07) is 9.73. The molecule has 0 amide bonds. The monoisotopic (exact) mass is 292 g/mol. The molecule has 1 fully saturated rings. The second kappa shape index (κ2) is 8.71. The standard InChI is InChI=1S/C17H28N2S/c1-3-12-19(14-16-6-4-5-11-18-16)13-15-7-9-17(20-2)10-8-15/h7-10,16,18H,3-6,11-14H2,1-2H3. The van der Waals surface area contributed by atoms with Gasteiger partial charge in [0.2, 0.25) is 0 Å². The summed E-state index contributed by atoms with van der Waals surface area (Å²) >= 11 is 1.81. The van der Waals surface area contributed by atoms with Gasteiger partial charge in [0, 0.05) is 24.0 Å². The number of thioether (sulfide) groups is 1. The molecular formula is C17H28N2S. The van der Waals surface area contributed by atoms with Crippen LogP contribution in [0.2, 0.25) is 0 Å². The Hall–Kier alpha value is -0.510. The van der Waals surface area contributed by atoms with Crippen molar-refractivity contribution in [1.29, 1.82) is 0 Å². The fourth-order valence-electron chi connectivity index (χ4n) is 2.93. The number of benzene rings is 1. The van der Waals surface area contributed by atoms with Gasteiger partial charge in [-0.3, -0.25) is 4.90 Å². The summed E-state index contributed by atoms with van der Waals surface area (Å²) in [5, 5.41) is 3.67. The minimum atomic E-state index is 0.695. The highest BCUT2D eigenvalue weighted by Gasteiger charge is 2.16. The van der Waals surface area contributed by atoms with E-state index in [0.717, 1.165) is 6.54 Å². The van der Waals surface area contributed by atoms with Crippen molar-refractivity contribution >= 4 is 11.8 Å². The lowest BCUT2D eigenvalue weighted by Gasteiger charge is -2.30. The number of hydrogen-bond acceptors (Lipinski definition) is 3. The van der Waals surface area contributed by atoms with Crippen LogP contribution in [-0.2, 0) is 6.54 Å². The molecule has 2 rings (SSSR count). The van der Waals surface area contributed by atoms with Gasteiger partial charge in [-0.15, -0.1) is 11.8 Å². The zero-order valence-corrected chi connectivity index (χ0v) is 13.7. The van der Waals surface area contributed by atoms with Crippen molar-refractivity contribution in [1.82, 2.24) is 10.2 Å². The van der Waals surface area contributed by atoms with Crippen LogP contribution in [0.5, 0.6) is 0 Å². The molecule has 0 aromatic heterocycles. The number of hydrogen-bond donors (Lipinski definition) is 1. The third kappa shape index (κ3) is 5.12. The van der Waals surface area contributed by atoms with Gasteiger partial charge >= 0.3 is 0 Å². The van der Waals surface area contributed by atoms with Crippen LogP contribution in [0, 0.1) is 0 Å². The van der Waals surface area contributed by atoms with Crippen LogP contribution in [0.15, 0.2) is 29.2 Å². The van der Waals surface area contributed by atoms with Crippen molar-refractivity contribution in [2.24, 2.45) is 0 Å². The predicted molar refractivity (Wildman–Crippen MR) is 89.4 cm³/mol. The maximum atomic E-state index is 3.67. The third-order valence-corrected chi connectivity index (χ3v) is 4.74. The normalized spacial score (nSPS) is 19.4. The van der Waals surface area contributed by atoms with E-state index < -0.39 is 0 Å². The molecule has 0 aliphatic carbocycles. The molecule has 2 nitrogen and oxygen atoms in total. The van der Waals surface area contributed by atoms with Crippen molar-refractivity contribution in [2.45, 2.75) is 50.1 Å². The Morgan fingerprint density at radius 2 is 2.05 bits per heavy atom. The topological polar surface area (TPSA) is 15.3 Å². The first kappa shape index (κ1) is 15.9. The van der Waals surface area contributed by atoms with Crippen molar-refractivity contribution in [2.75, 3.05) is 25.9 Å². The zero-order valence-electron chi connectivity index (χ0n) is 12.9. The van der Waals surface area contributed by atoms with Crippen molar-refractivity contribution < 1.29 is 0 Å². The molecule has 0 saturated carbocycles. The van der Waals surface area contributed by atoms with E-state index in [9.17, 15) is 0 Å². The summed E-state index contributed by atoms with van der Waals surface area (Å²) in [6.07, 6.45) is 7.44. The van der Waals surface area contributed by atoms with Gasteiger partial charge in [0.25, 0.3) is 0 Å². The Balaban J connectivity index is 1.89. The van der Waals surface area contributed by atoms with E-state index >= 15 is 0 Å². The smallest absolute Gasteiger partial charge is 0.0234 e. The van der Waals surface area contributed by atoms with Crippen LogP contribution in [0.3, 0.4) is 0 Å². The lowest BCUT2D eigenvalue weighted by Crippen LogP contribution is -2.43. The first-order valence-electron chi connectivity index (χ1n) is 7.90. The van der Waals surface area contributed by atoms with E-state index in [1.165, 1.54) is 55.8 Å². The summed E-state index contributed by atoms with van der Waals surface area (Å²) in [7, 11) is 0. The molecule has 1 saturated heterocycles. The van der Waals surface area contributed by atoms with Crippen molar-refractivity contribution in [3.63, 3.8) is 0 Å². The molecule has 3 heteroatoms. The fourth-order valence-corrected chi connectivity index (χ4v) is 3.34. The Labute approximate surface area is 128 Å². The molecule has 1 heterocycles. The van der Waals surface area contributed by atoms with E-state index in [0.29, 0.717) is 6.04 Å². The maximum Gasteiger partial charge on any atom is 0.0234 e. The Bertz CT molecular complexity index is 371. The second-order valence-corrected chi connectivity index (χ2v) is 6.61. The van der Waals surface area contributed by atoms with E-state index in [1.54, 1.807) is 0 Å². The van der Waals surface area contributed by atoms with E-state index in [2.05, 4.69) is 47.7 Å². The Morgan fingerprint density at radius 1 is 1.25 bits per heavy atom. The lowest BCUT2D eigenvalue weighted by atomic mass is 10.0. The summed E-state index contributed by atoms with van der Waals surface area (Å²) in [4.78, 5) is 3.96. The number of piperidine rings is 1. The van der Waals surface area contributed by atoms with Crippen LogP contribution < -0.4 is 5.32 Å². The van der Waals surface area contributed by atoms with Crippen molar-refractivity contribution in [3.8, 4) is 0 Å². The van der Waals surface area contributed by atoms with Crippen molar-refractivity contribution in [3.05, 3.63) is 29.8 Å². The molecule has 0 spiro atoms. The highest BCUT2D eigenvalue weighted by molar-refractivity contribution is 7.98. The summed E-state index contributed by atoms with van der Waals surface area (Å²) in [6.45, 7) is 6.95. The maximum absolute atomic E-state index is 3.67. The van der Waals surface area contributed by atoms with Crippen LogP contribution in [0.4, 0.5) is 0 Å². The van der Waals surface area contributed by atoms with Crippen LogP contribution >= 0.6 is 11.8 Å². The average molecular weight is 292 g/mol. The molecule has 0 bridgehead atoms. The van der Waals surface area contributed by atoms with Crippen LogP contribution in [0.1, 0.15) is 38.2 Å². The van der Waals surface area contributed by atoms with E-state index in [-0.39, 0.29) is 0 Å². The number of rotatable bonds is 7. The molecule has 1 aliphatic rings. The SMILES string of the molecule is CCCN(Cc1ccc(SC)cc1)CC1CCCCN1. The first-order valence-corrected chi connectivity index (χ1v) is 9.13. The largest absolute Gasteiger partial charge is 0.313 e. The van der Waals surface area contributed by atoms with E-state index in [4.69, 9.17) is 0 Å². The van der Waals surface area contributed by atoms with Crippen LogP contribution in [0.25, 0.3) is 0 Å². The first-order chi connectivity index (χ1) is 9.81. The molecule has 20 heavy (non-hydrogen) atoms. The molecule has 112 valence electrons. The van der Waals surface area contributed by atoms with Crippen LogP contribution in [-0.4, -0.2) is 36.8 Å². The van der Waals surface area contributed by atoms with Gasteiger partial charge in [-0.1, -0.05) is 25.5 Å². The minimum absolute atomic E-state index is 0.695. The number of nitrogens with one attached hydrogen (secondary N) is 1. The highest BCUT2D eigenvalue weighted by atomic mass is 32.2. The molecule has 1 unspecified atom stereocenters. The van der Waals surface area contributed by atoms with Gasteiger partial charge in [0.1, 0.15) is 0 Å². The predicted octanol–water partition coefficient (Wildman–Crippen LogP) is 3.76. The molecule has 0 radical (unpaired) electrons. The average Bonchev–Trinajstić information content (AvgIpc) is 2.49. The van der Waals surface area contributed by atoms with E-state index in [1.807, 2.05) is 11.8 Å². The number of nitrogens with zero attached hydrogens (tertiary/aromatic N) is 1. The lowest BCUT2D eigenvalue weighted by molar-refractivity contribution is 0.217. The Morgan fingerprint density at radius 3 is 2.65 bits per heavy atom. The minimum Gasteiger partial charge on any atom is -0.313 e. The molecular weight excluding hydrogens is 264 g/mol. The zero-order chi connectivity index (χ0) is 14.2.